The van der Waals surface area contributed by atoms with E-state index in [4.69, 9.17) is 0 Å². The molecule has 104 valence electrons. The Hall–Kier alpha value is 0. The predicted molar refractivity (Wildman–Crippen MR) is 78.5 cm³/mol. The van der Waals surface area contributed by atoms with E-state index in [9.17, 15) is 0 Å². The van der Waals surface area contributed by atoms with E-state index in [0.717, 1.165) is 29.6 Å². The zero-order chi connectivity index (χ0) is 12.4. The smallest absolute Gasteiger partial charge is 0.0355 e. The molecule has 0 amide bonds. The Balaban J connectivity index is 1.65. The summed E-state index contributed by atoms with van der Waals surface area (Å²) < 4.78 is 0. The quantitative estimate of drug-likeness (QED) is 0.578. The monoisotopic (exact) mass is 248 g/mol. The first kappa shape index (κ1) is 13.0. The first-order valence-corrected chi connectivity index (χ1v) is 8.86. The third kappa shape index (κ3) is 2.63. The Morgan fingerprint density at radius 2 is 1.33 bits per heavy atom. The highest BCUT2D eigenvalue weighted by atomic mass is 14.4. The molecule has 0 spiro atoms. The molecule has 0 aliphatic heterocycles. The second-order valence-corrected chi connectivity index (χ2v) is 7.56. The maximum absolute atomic E-state index is 2.62. The summed E-state index contributed by atoms with van der Waals surface area (Å²) in [6.07, 6.45) is 18.6. The molecule has 0 heterocycles. The zero-order valence-corrected chi connectivity index (χ0v) is 12.4. The van der Waals surface area contributed by atoms with Crippen LogP contribution >= 0.6 is 0 Å². The van der Waals surface area contributed by atoms with Gasteiger partial charge in [0, 0.05) is 0 Å². The summed E-state index contributed by atoms with van der Waals surface area (Å²) in [5.41, 5.74) is 0. The molecule has 0 aromatic heterocycles. The summed E-state index contributed by atoms with van der Waals surface area (Å²) in [5, 5.41) is 0. The van der Waals surface area contributed by atoms with E-state index < -0.39 is 0 Å². The van der Waals surface area contributed by atoms with Gasteiger partial charge in [-0.1, -0.05) is 71.1 Å². The highest BCUT2D eigenvalue weighted by molar-refractivity contribution is 4.89. The molecule has 2 unspecified atom stereocenters. The third-order valence-electron chi connectivity index (χ3n) is 6.70. The Morgan fingerprint density at radius 3 is 2.17 bits per heavy atom. The highest BCUT2D eigenvalue weighted by Crippen LogP contribution is 2.49. The number of hydrogen-bond donors (Lipinski definition) is 0. The van der Waals surface area contributed by atoms with Crippen LogP contribution in [0.1, 0.15) is 84.0 Å². The molecule has 3 rings (SSSR count). The van der Waals surface area contributed by atoms with Crippen molar-refractivity contribution >= 4 is 0 Å². The first-order chi connectivity index (χ1) is 8.86. The summed E-state index contributed by atoms with van der Waals surface area (Å²) >= 11 is 0. The molecule has 0 N–H and O–H groups in total. The van der Waals surface area contributed by atoms with Crippen LogP contribution < -0.4 is 0 Å². The van der Waals surface area contributed by atoms with E-state index in [1.54, 1.807) is 44.9 Å². The van der Waals surface area contributed by atoms with Crippen LogP contribution in [0.3, 0.4) is 0 Å². The van der Waals surface area contributed by atoms with E-state index in [1.165, 1.54) is 32.1 Å². The van der Waals surface area contributed by atoms with E-state index >= 15 is 0 Å². The molecule has 0 radical (unpaired) electrons. The molecule has 4 atom stereocenters. The van der Waals surface area contributed by atoms with Crippen molar-refractivity contribution < 1.29 is 0 Å². The van der Waals surface area contributed by atoms with Gasteiger partial charge in [0.05, 0.1) is 0 Å². The van der Waals surface area contributed by atoms with Gasteiger partial charge in [-0.15, -0.1) is 0 Å². The molecule has 0 aromatic rings. The minimum atomic E-state index is 1.04. The predicted octanol–water partition coefficient (Wildman–Crippen LogP) is 5.81. The Morgan fingerprint density at radius 1 is 0.667 bits per heavy atom. The van der Waals surface area contributed by atoms with E-state index in [-0.39, 0.29) is 0 Å². The van der Waals surface area contributed by atoms with E-state index in [2.05, 4.69) is 6.92 Å². The van der Waals surface area contributed by atoms with Gasteiger partial charge in [-0.3, -0.25) is 0 Å². The average molecular weight is 248 g/mol. The van der Waals surface area contributed by atoms with Crippen LogP contribution in [0, 0.1) is 29.6 Å². The molecule has 0 bridgehead atoms. The number of fused-ring (bicyclic) bond motifs is 1. The van der Waals surface area contributed by atoms with Gasteiger partial charge < -0.3 is 0 Å². The van der Waals surface area contributed by atoms with Gasteiger partial charge in [0.2, 0.25) is 0 Å². The van der Waals surface area contributed by atoms with Crippen molar-refractivity contribution in [1.29, 1.82) is 0 Å². The molecule has 18 heavy (non-hydrogen) atoms. The zero-order valence-electron chi connectivity index (χ0n) is 12.4. The maximum Gasteiger partial charge on any atom is -0.0355 e. The van der Waals surface area contributed by atoms with Crippen molar-refractivity contribution in [3.05, 3.63) is 0 Å². The lowest BCUT2D eigenvalue weighted by Crippen LogP contribution is -2.37. The fraction of sp³-hybridized carbons (Fsp3) is 1.00. The molecule has 0 aromatic carbocycles. The molecule has 3 aliphatic rings. The largest absolute Gasteiger partial charge is 0.0620 e. The maximum atomic E-state index is 2.62. The van der Waals surface area contributed by atoms with Crippen LogP contribution in [0.5, 0.6) is 0 Å². The van der Waals surface area contributed by atoms with Crippen LogP contribution in [0.4, 0.5) is 0 Å². The molecule has 3 aliphatic carbocycles. The standard InChI is InChI=1S/C18H32/c1-14(15-8-3-2-4-9-15)17-13-7-11-16-10-5-6-12-18(16)17/h14-18H,2-13H2,1H3/t14?,16-,17?,18-/m1/s1. The van der Waals surface area contributed by atoms with Gasteiger partial charge in [-0.05, 0) is 42.4 Å². The van der Waals surface area contributed by atoms with Gasteiger partial charge in [-0.25, -0.2) is 0 Å². The molecular weight excluding hydrogens is 216 g/mol. The summed E-state index contributed by atoms with van der Waals surface area (Å²) in [6.45, 7) is 2.62. The van der Waals surface area contributed by atoms with Crippen LogP contribution in [0.25, 0.3) is 0 Å². The minimum absolute atomic E-state index is 1.04. The first-order valence-electron chi connectivity index (χ1n) is 8.86. The molecule has 0 nitrogen and oxygen atoms in total. The van der Waals surface area contributed by atoms with Gasteiger partial charge in [0.1, 0.15) is 0 Å². The van der Waals surface area contributed by atoms with Crippen LogP contribution in [-0.4, -0.2) is 0 Å². The molecular formula is C18H32. The fourth-order valence-corrected chi connectivity index (χ4v) is 5.65. The van der Waals surface area contributed by atoms with E-state index in [0.29, 0.717) is 0 Å². The van der Waals surface area contributed by atoms with Gasteiger partial charge in [0.25, 0.3) is 0 Å². The lowest BCUT2D eigenvalue weighted by Gasteiger charge is -2.46. The third-order valence-corrected chi connectivity index (χ3v) is 6.70. The summed E-state index contributed by atoms with van der Waals surface area (Å²) in [7, 11) is 0. The molecule has 3 fully saturated rings. The average Bonchev–Trinajstić information content (AvgIpc) is 2.47. The summed E-state index contributed by atoms with van der Waals surface area (Å²) in [5.74, 6) is 5.49. The minimum Gasteiger partial charge on any atom is -0.0620 e. The SMILES string of the molecule is CC(C1CCCCC1)C1CCC[C@H]2CCCC[C@@H]12. The highest BCUT2D eigenvalue weighted by Gasteiger charge is 2.39. The second kappa shape index (κ2) is 5.97. The second-order valence-electron chi connectivity index (χ2n) is 7.56. The van der Waals surface area contributed by atoms with Crippen LogP contribution in [-0.2, 0) is 0 Å². The fourth-order valence-electron chi connectivity index (χ4n) is 5.65. The normalized spacial score (nSPS) is 40.2. The molecule has 3 saturated carbocycles. The van der Waals surface area contributed by atoms with Crippen LogP contribution in [0.15, 0.2) is 0 Å². The Kier molecular flexibility index (Phi) is 4.31. The Bertz CT molecular complexity index is 249. The van der Waals surface area contributed by atoms with E-state index in [1.807, 2.05) is 0 Å². The van der Waals surface area contributed by atoms with Gasteiger partial charge in [0.15, 0.2) is 0 Å². The number of hydrogen-bond acceptors (Lipinski definition) is 0. The summed E-state index contributed by atoms with van der Waals surface area (Å²) in [4.78, 5) is 0. The summed E-state index contributed by atoms with van der Waals surface area (Å²) in [6, 6.07) is 0. The van der Waals surface area contributed by atoms with Crippen molar-refractivity contribution in [1.82, 2.24) is 0 Å². The van der Waals surface area contributed by atoms with Crippen LogP contribution in [0.2, 0.25) is 0 Å². The lowest BCUT2D eigenvalue weighted by atomic mass is 9.59. The van der Waals surface area contributed by atoms with Crippen molar-refractivity contribution in [3.8, 4) is 0 Å². The van der Waals surface area contributed by atoms with Crippen molar-refractivity contribution in [2.24, 2.45) is 29.6 Å². The molecule has 0 saturated heterocycles. The van der Waals surface area contributed by atoms with Crippen molar-refractivity contribution in [2.75, 3.05) is 0 Å². The van der Waals surface area contributed by atoms with Crippen molar-refractivity contribution in [3.63, 3.8) is 0 Å². The lowest BCUT2D eigenvalue weighted by molar-refractivity contribution is 0.0400. The van der Waals surface area contributed by atoms with Gasteiger partial charge in [-0.2, -0.15) is 0 Å². The van der Waals surface area contributed by atoms with Crippen molar-refractivity contribution in [2.45, 2.75) is 84.0 Å². The topological polar surface area (TPSA) is 0 Å². The Labute approximate surface area is 114 Å². The number of rotatable bonds is 2. The van der Waals surface area contributed by atoms with Gasteiger partial charge >= 0.3 is 0 Å². The molecule has 0 heteroatoms.